The van der Waals surface area contributed by atoms with E-state index in [1.165, 1.54) is 25.3 Å². The van der Waals surface area contributed by atoms with Crippen molar-refractivity contribution in [1.82, 2.24) is 4.90 Å². The van der Waals surface area contributed by atoms with Gasteiger partial charge in [-0.05, 0) is 43.8 Å². The fourth-order valence-electron chi connectivity index (χ4n) is 2.64. The van der Waals surface area contributed by atoms with Crippen LogP contribution in [0.25, 0.3) is 0 Å². The van der Waals surface area contributed by atoms with Crippen LogP contribution in [0.3, 0.4) is 0 Å². The lowest BCUT2D eigenvalue weighted by Crippen LogP contribution is -2.33. The van der Waals surface area contributed by atoms with Gasteiger partial charge in [0.25, 0.3) is 0 Å². The zero-order valence-electron chi connectivity index (χ0n) is 11.7. The van der Waals surface area contributed by atoms with E-state index in [2.05, 4.69) is 35.2 Å². The summed E-state index contributed by atoms with van der Waals surface area (Å²) in [5.74, 6) is 0.549. The molecule has 1 aromatic carbocycles. The molecule has 3 heteroatoms. The number of hydrogen-bond acceptors (Lipinski definition) is 3. The molecule has 0 saturated carbocycles. The predicted molar refractivity (Wildman–Crippen MR) is 75.7 cm³/mol. The van der Waals surface area contributed by atoms with Crippen molar-refractivity contribution in [2.24, 2.45) is 5.92 Å². The van der Waals surface area contributed by atoms with Crippen LogP contribution in [0.1, 0.15) is 31.7 Å². The van der Waals surface area contributed by atoms with Crippen molar-refractivity contribution in [3.63, 3.8) is 0 Å². The summed E-state index contributed by atoms with van der Waals surface area (Å²) in [5, 5.41) is 0. The number of carbonyl (C=O) groups is 1. The minimum atomic E-state index is -0.165. The summed E-state index contributed by atoms with van der Waals surface area (Å²) in [5.41, 5.74) is 1.39. The average Bonchev–Trinajstić information content (AvgIpc) is 2.42. The lowest BCUT2D eigenvalue weighted by molar-refractivity contribution is -0.141. The van der Waals surface area contributed by atoms with Gasteiger partial charge >= 0.3 is 5.97 Å². The van der Waals surface area contributed by atoms with Gasteiger partial charge in [-0.3, -0.25) is 9.69 Å². The van der Waals surface area contributed by atoms with Crippen LogP contribution in [0.4, 0.5) is 0 Å². The maximum absolute atomic E-state index is 10.7. The topological polar surface area (TPSA) is 29.5 Å². The second kappa shape index (κ2) is 7.29. The molecular weight excluding hydrogens is 238 g/mol. The van der Waals surface area contributed by atoms with Gasteiger partial charge in [-0.25, -0.2) is 0 Å². The van der Waals surface area contributed by atoms with Crippen LogP contribution in [0.15, 0.2) is 30.3 Å². The van der Waals surface area contributed by atoms with E-state index in [9.17, 15) is 4.79 Å². The molecule has 0 spiro atoms. The number of ether oxygens (including phenoxy) is 1. The molecule has 1 aromatic rings. The van der Waals surface area contributed by atoms with Crippen molar-refractivity contribution in [3.8, 4) is 0 Å². The first kappa shape index (κ1) is 14.1. The summed E-state index contributed by atoms with van der Waals surface area (Å²) >= 11 is 0. The highest BCUT2D eigenvalue weighted by atomic mass is 16.5. The van der Waals surface area contributed by atoms with Crippen molar-refractivity contribution in [2.75, 3.05) is 19.7 Å². The van der Waals surface area contributed by atoms with Crippen LogP contribution < -0.4 is 0 Å². The predicted octanol–water partition coefficient (Wildman–Crippen LogP) is 2.85. The van der Waals surface area contributed by atoms with Gasteiger partial charge in [-0.15, -0.1) is 0 Å². The summed E-state index contributed by atoms with van der Waals surface area (Å²) in [6, 6.07) is 10.6. The third-order valence-electron chi connectivity index (χ3n) is 3.79. The number of esters is 1. The lowest BCUT2D eigenvalue weighted by Gasteiger charge is -2.31. The molecule has 1 heterocycles. The van der Waals surface area contributed by atoms with E-state index in [0.29, 0.717) is 12.5 Å². The molecule has 0 aliphatic carbocycles. The van der Waals surface area contributed by atoms with E-state index in [0.717, 1.165) is 26.1 Å². The minimum absolute atomic E-state index is 0.165. The smallest absolute Gasteiger partial charge is 0.302 e. The standard InChI is InChI=1S/C16H23NO2/c1-14(18)19-12-9-15-7-10-17(11-8-15)13-16-5-3-2-4-6-16/h2-6,15H,7-13H2,1H3. The van der Waals surface area contributed by atoms with E-state index in [4.69, 9.17) is 4.74 Å². The Bertz CT molecular complexity index is 383. The summed E-state index contributed by atoms with van der Waals surface area (Å²) < 4.78 is 5.01. The lowest BCUT2D eigenvalue weighted by atomic mass is 9.93. The Balaban J connectivity index is 1.66. The molecule has 0 amide bonds. The minimum Gasteiger partial charge on any atom is -0.466 e. The molecule has 3 nitrogen and oxygen atoms in total. The Labute approximate surface area is 115 Å². The number of carbonyl (C=O) groups excluding carboxylic acids is 1. The first-order valence-corrected chi connectivity index (χ1v) is 7.13. The Hall–Kier alpha value is -1.35. The van der Waals surface area contributed by atoms with Gasteiger partial charge in [0.1, 0.15) is 0 Å². The Morgan fingerprint density at radius 3 is 2.58 bits per heavy atom. The van der Waals surface area contributed by atoms with E-state index in [1.54, 1.807) is 0 Å². The number of hydrogen-bond donors (Lipinski definition) is 0. The van der Waals surface area contributed by atoms with Crippen LogP contribution in [-0.2, 0) is 16.1 Å². The van der Waals surface area contributed by atoms with Crippen LogP contribution in [0.2, 0.25) is 0 Å². The number of benzene rings is 1. The van der Waals surface area contributed by atoms with Gasteiger partial charge in [0.15, 0.2) is 0 Å². The highest BCUT2D eigenvalue weighted by Gasteiger charge is 2.19. The molecule has 19 heavy (non-hydrogen) atoms. The third-order valence-corrected chi connectivity index (χ3v) is 3.79. The van der Waals surface area contributed by atoms with Gasteiger partial charge in [-0.2, -0.15) is 0 Å². The number of piperidine rings is 1. The second-order valence-electron chi connectivity index (χ2n) is 5.33. The zero-order chi connectivity index (χ0) is 13.5. The third kappa shape index (κ3) is 5.03. The fourth-order valence-corrected chi connectivity index (χ4v) is 2.64. The molecule has 0 radical (unpaired) electrons. The normalized spacial score (nSPS) is 17.3. The number of likely N-dealkylation sites (tertiary alicyclic amines) is 1. The molecule has 0 bridgehead atoms. The number of nitrogens with zero attached hydrogens (tertiary/aromatic N) is 1. The van der Waals surface area contributed by atoms with Crippen molar-refractivity contribution in [3.05, 3.63) is 35.9 Å². The molecule has 0 unspecified atom stereocenters. The SMILES string of the molecule is CC(=O)OCCC1CCN(Cc2ccccc2)CC1. The monoisotopic (exact) mass is 261 g/mol. The summed E-state index contributed by atoms with van der Waals surface area (Å²) in [6.45, 7) is 5.41. The second-order valence-corrected chi connectivity index (χ2v) is 5.33. The summed E-state index contributed by atoms with van der Waals surface area (Å²) in [6.07, 6.45) is 3.45. The maximum atomic E-state index is 10.7. The molecule has 1 aliphatic heterocycles. The van der Waals surface area contributed by atoms with E-state index in [-0.39, 0.29) is 5.97 Å². The highest BCUT2D eigenvalue weighted by Crippen LogP contribution is 2.21. The van der Waals surface area contributed by atoms with Crippen molar-refractivity contribution < 1.29 is 9.53 Å². The molecule has 104 valence electrons. The van der Waals surface area contributed by atoms with Gasteiger partial charge < -0.3 is 4.74 Å². The van der Waals surface area contributed by atoms with Crippen LogP contribution in [-0.4, -0.2) is 30.6 Å². The first-order valence-electron chi connectivity index (χ1n) is 7.13. The average molecular weight is 261 g/mol. The van der Waals surface area contributed by atoms with Crippen molar-refractivity contribution >= 4 is 5.97 Å². The van der Waals surface area contributed by atoms with E-state index < -0.39 is 0 Å². The molecule has 1 aliphatic rings. The molecule has 1 saturated heterocycles. The summed E-state index contributed by atoms with van der Waals surface area (Å²) in [7, 11) is 0. The summed E-state index contributed by atoms with van der Waals surface area (Å²) in [4.78, 5) is 13.2. The zero-order valence-corrected chi connectivity index (χ0v) is 11.7. The molecule has 2 rings (SSSR count). The van der Waals surface area contributed by atoms with Crippen molar-refractivity contribution in [1.29, 1.82) is 0 Å². The van der Waals surface area contributed by atoms with Crippen LogP contribution >= 0.6 is 0 Å². The van der Waals surface area contributed by atoms with Crippen LogP contribution in [0, 0.1) is 5.92 Å². The fraction of sp³-hybridized carbons (Fsp3) is 0.562. The molecule has 0 N–H and O–H groups in total. The number of rotatable bonds is 5. The largest absolute Gasteiger partial charge is 0.466 e. The van der Waals surface area contributed by atoms with E-state index in [1.807, 2.05) is 0 Å². The Morgan fingerprint density at radius 1 is 1.26 bits per heavy atom. The van der Waals surface area contributed by atoms with Gasteiger partial charge in [0.2, 0.25) is 0 Å². The van der Waals surface area contributed by atoms with Gasteiger partial charge in [0, 0.05) is 13.5 Å². The molecule has 1 fully saturated rings. The molecular formula is C16H23NO2. The highest BCUT2D eigenvalue weighted by molar-refractivity contribution is 5.65. The quantitative estimate of drug-likeness (QED) is 0.763. The Kier molecular flexibility index (Phi) is 5.40. The molecule has 0 atom stereocenters. The maximum Gasteiger partial charge on any atom is 0.302 e. The van der Waals surface area contributed by atoms with Gasteiger partial charge in [0.05, 0.1) is 6.61 Å². The van der Waals surface area contributed by atoms with Crippen molar-refractivity contribution in [2.45, 2.75) is 32.7 Å². The van der Waals surface area contributed by atoms with Crippen LogP contribution in [0.5, 0.6) is 0 Å². The van der Waals surface area contributed by atoms with Gasteiger partial charge in [-0.1, -0.05) is 30.3 Å². The van der Waals surface area contributed by atoms with E-state index >= 15 is 0 Å². The first-order chi connectivity index (χ1) is 9.24. The molecule has 0 aromatic heterocycles. The Morgan fingerprint density at radius 2 is 1.95 bits per heavy atom.